The molecule has 1 saturated heterocycles. The van der Waals surface area contributed by atoms with Gasteiger partial charge in [0.25, 0.3) is 5.91 Å². The summed E-state index contributed by atoms with van der Waals surface area (Å²) in [5, 5.41) is 5.86. The summed E-state index contributed by atoms with van der Waals surface area (Å²) in [6, 6.07) is 7.37. The Kier molecular flexibility index (Phi) is 7.51. The monoisotopic (exact) mass is 374 g/mol. The Labute approximate surface area is 161 Å². The number of carbonyl (C=O) groups is 2. The highest BCUT2D eigenvalue weighted by molar-refractivity contribution is 5.94. The van der Waals surface area contributed by atoms with Crippen molar-refractivity contribution in [3.8, 4) is 5.75 Å². The largest absolute Gasteiger partial charge is 0.491 e. The third kappa shape index (κ3) is 6.54. The van der Waals surface area contributed by atoms with E-state index < -0.39 is 0 Å². The Morgan fingerprint density at radius 1 is 1.04 bits per heavy atom. The van der Waals surface area contributed by atoms with Crippen LogP contribution in [0.5, 0.6) is 5.75 Å². The molecule has 1 heterocycles. The van der Waals surface area contributed by atoms with E-state index in [-0.39, 0.29) is 17.9 Å². The minimum atomic E-state index is -0.175. The lowest BCUT2D eigenvalue weighted by atomic mass is 9.95. The SMILES string of the molecule is O=C(CCNC(=O)c1ccc(OCC2CCCO2)cc1)NC1CCCCC1. The standard InChI is InChI=1S/C21H30N2O4/c24-20(23-17-5-2-1-3-6-17)12-13-22-21(25)16-8-10-18(11-9-16)27-15-19-7-4-14-26-19/h8-11,17,19H,1-7,12-15H2,(H,22,25)(H,23,24). The van der Waals surface area contributed by atoms with Gasteiger partial charge in [-0.05, 0) is 49.9 Å². The molecule has 1 aliphatic carbocycles. The van der Waals surface area contributed by atoms with E-state index >= 15 is 0 Å². The third-order valence-corrected chi connectivity index (χ3v) is 5.18. The van der Waals surface area contributed by atoms with Gasteiger partial charge >= 0.3 is 0 Å². The third-order valence-electron chi connectivity index (χ3n) is 5.18. The first kappa shape index (κ1) is 19.7. The van der Waals surface area contributed by atoms with Crippen LogP contribution >= 0.6 is 0 Å². The summed E-state index contributed by atoms with van der Waals surface area (Å²) in [4.78, 5) is 24.2. The molecule has 1 aliphatic heterocycles. The molecule has 1 aromatic rings. The van der Waals surface area contributed by atoms with Crippen molar-refractivity contribution in [3.05, 3.63) is 29.8 Å². The molecule has 1 saturated carbocycles. The molecular weight excluding hydrogens is 344 g/mol. The number of rotatable bonds is 8. The molecule has 1 unspecified atom stereocenters. The molecule has 0 radical (unpaired) electrons. The highest BCUT2D eigenvalue weighted by atomic mass is 16.5. The molecule has 27 heavy (non-hydrogen) atoms. The fourth-order valence-corrected chi connectivity index (χ4v) is 3.61. The quantitative estimate of drug-likeness (QED) is 0.734. The highest BCUT2D eigenvalue weighted by Crippen LogP contribution is 2.18. The van der Waals surface area contributed by atoms with Crippen molar-refractivity contribution in [1.29, 1.82) is 0 Å². The summed E-state index contributed by atoms with van der Waals surface area (Å²) in [5.74, 6) is 0.570. The van der Waals surface area contributed by atoms with Crippen molar-refractivity contribution in [3.63, 3.8) is 0 Å². The molecule has 0 spiro atoms. The number of nitrogens with one attached hydrogen (secondary N) is 2. The lowest BCUT2D eigenvalue weighted by Crippen LogP contribution is -2.38. The summed E-state index contributed by atoms with van der Waals surface area (Å²) in [6.45, 7) is 1.70. The van der Waals surface area contributed by atoms with Crippen molar-refractivity contribution >= 4 is 11.8 Å². The molecule has 1 atom stereocenters. The molecule has 1 aromatic carbocycles. The van der Waals surface area contributed by atoms with Gasteiger partial charge in [-0.1, -0.05) is 19.3 Å². The van der Waals surface area contributed by atoms with E-state index in [9.17, 15) is 9.59 Å². The highest BCUT2D eigenvalue weighted by Gasteiger charge is 2.17. The summed E-state index contributed by atoms with van der Waals surface area (Å²) in [7, 11) is 0. The Morgan fingerprint density at radius 2 is 1.81 bits per heavy atom. The zero-order chi connectivity index (χ0) is 18.9. The number of benzene rings is 1. The molecule has 148 valence electrons. The lowest BCUT2D eigenvalue weighted by molar-refractivity contribution is -0.121. The first-order chi connectivity index (χ1) is 13.2. The molecular formula is C21H30N2O4. The van der Waals surface area contributed by atoms with E-state index in [4.69, 9.17) is 9.47 Å². The predicted molar refractivity (Wildman–Crippen MR) is 103 cm³/mol. The molecule has 2 N–H and O–H groups in total. The van der Waals surface area contributed by atoms with E-state index in [0.717, 1.165) is 38.0 Å². The van der Waals surface area contributed by atoms with Gasteiger partial charge in [-0.2, -0.15) is 0 Å². The predicted octanol–water partition coefficient (Wildman–Crippen LogP) is 2.81. The van der Waals surface area contributed by atoms with Gasteiger partial charge in [0, 0.05) is 31.2 Å². The van der Waals surface area contributed by atoms with Crippen LogP contribution in [0.3, 0.4) is 0 Å². The average molecular weight is 374 g/mol. The van der Waals surface area contributed by atoms with Crippen LogP contribution in [-0.4, -0.2) is 43.7 Å². The molecule has 0 aromatic heterocycles. The van der Waals surface area contributed by atoms with Crippen LogP contribution in [0, 0.1) is 0 Å². The van der Waals surface area contributed by atoms with Gasteiger partial charge in [0.15, 0.2) is 0 Å². The summed E-state index contributed by atoms with van der Waals surface area (Å²) in [6.07, 6.45) is 8.39. The van der Waals surface area contributed by atoms with Crippen LogP contribution in [0.15, 0.2) is 24.3 Å². The number of carbonyl (C=O) groups excluding carboxylic acids is 2. The van der Waals surface area contributed by atoms with Crippen LogP contribution in [-0.2, 0) is 9.53 Å². The van der Waals surface area contributed by atoms with Crippen LogP contribution in [0.25, 0.3) is 0 Å². The first-order valence-corrected chi connectivity index (χ1v) is 10.1. The Hall–Kier alpha value is -2.08. The summed E-state index contributed by atoms with van der Waals surface area (Å²) in [5.41, 5.74) is 0.562. The average Bonchev–Trinajstić information content (AvgIpc) is 3.21. The zero-order valence-corrected chi connectivity index (χ0v) is 15.9. The Bertz CT molecular complexity index is 605. The molecule has 6 nitrogen and oxygen atoms in total. The van der Waals surface area contributed by atoms with Crippen molar-refractivity contribution in [2.24, 2.45) is 0 Å². The topological polar surface area (TPSA) is 76.7 Å². The molecule has 2 aliphatic rings. The smallest absolute Gasteiger partial charge is 0.251 e. The second kappa shape index (κ2) is 10.3. The molecule has 6 heteroatoms. The number of amides is 2. The van der Waals surface area contributed by atoms with Crippen LogP contribution in [0.1, 0.15) is 61.7 Å². The fourth-order valence-electron chi connectivity index (χ4n) is 3.61. The Morgan fingerprint density at radius 3 is 2.52 bits per heavy atom. The van der Waals surface area contributed by atoms with Gasteiger partial charge in [0.2, 0.25) is 5.91 Å². The minimum absolute atomic E-state index is 0.0140. The van der Waals surface area contributed by atoms with E-state index in [1.54, 1.807) is 24.3 Å². The van der Waals surface area contributed by atoms with Crippen molar-refractivity contribution in [1.82, 2.24) is 10.6 Å². The lowest BCUT2D eigenvalue weighted by Gasteiger charge is -2.22. The van der Waals surface area contributed by atoms with Gasteiger partial charge in [0.05, 0.1) is 6.10 Å². The van der Waals surface area contributed by atoms with Gasteiger partial charge in [0.1, 0.15) is 12.4 Å². The number of hydrogen-bond donors (Lipinski definition) is 2. The number of hydrogen-bond acceptors (Lipinski definition) is 4. The molecule has 3 rings (SSSR count). The van der Waals surface area contributed by atoms with E-state index in [0.29, 0.717) is 31.2 Å². The van der Waals surface area contributed by atoms with Crippen LogP contribution < -0.4 is 15.4 Å². The van der Waals surface area contributed by atoms with Crippen LogP contribution in [0.2, 0.25) is 0 Å². The number of ether oxygens (including phenoxy) is 2. The van der Waals surface area contributed by atoms with E-state index in [1.807, 2.05) is 0 Å². The molecule has 0 bridgehead atoms. The van der Waals surface area contributed by atoms with Gasteiger partial charge in [-0.15, -0.1) is 0 Å². The normalized spacial score (nSPS) is 20.2. The van der Waals surface area contributed by atoms with Crippen molar-refractivity contribution in [2.75, 3.05) is 19.8 Å². The minimum Gasteiger partial charge on any atom is -0.491 e. The first-order valence-electron chi connectivity index (χ1n) is 10.1. The van der Waals surface area contributed by atoms with Crippen molar-refractivity contribution < 1.29 is 19.1 Å². The molecule has 2 fully saturated rings. The maximum atomic E-state index is 12.2. The van der Waals surface area contributed by atoms with E-state index in [1.165, 1.54) is 19.3 Å². The second-order valence-electron chi connectivity index (χ2n) is 7.38. The van der Waals surface area contributed by atoms with Gasteiger partial charge in [-0.3, -0.25) is 9.59 Å². The van der Waals surface area contributed by atoms with E-state index in [2.05, 4.69) is 10.6 Å². The molecule has 2 amide bonds. The maximum absolute atomic E-state index is 12.2. The summed E-state index contributed by atoms with van der Waals surface area (Å²) < 4.78 is 11.2. The zero-order valence-electron chi connectivity index (χ0n) is 15.9. The maximum Gasteiger partial charge on any atom is 0.251 e. The Balaban J connectivity index is 1.34. The van der Waals surface area contributed by atoms with Gasteiger partial charge < -0.3 is 20.1 Å². The van der Waals surface area contributed by atoms with Gasteiger partial charge in [-0.25, -0.2) is 0 Å². The van der Waals surface area contributed by atoms with Crippen LogP contribution in [0.4, 0.5) is 0 Å². The van der Waals surface area contributed by atoms with Crippen molar-refractivity contribution in [2.45, 2.75) is 63.5 Å². The second-order valence-corrected chi connectivity index (χ2v) is 7.38. The summed E-state index contributed by atoms with van der Waals surface area (Å²) >= 11 is 0. The fraction of sp³-hybridized carbons (Fsp3) is 0.619.